The second kappa shape index (κ2) is 8.46. The van der Waals surface area contributed by atoms with Crippen LogP contribution in [0.15, 0.2) is 17.5 Å². The van der Waals surface area contributed by atoms with Crippen LogP contribution in [0.25, 0.3) is 0 Å². The summed E-state index contributed by atoms with van der Waals surface area (Å²) < 4.78 is 4.80. The van der Waals surface area contributed by atoms with Gasteiger partial charge in [-0.05, 0) is 24.5 Å². The van der Waals surface area contributed by atoms with E-state index < -0.39 is 11.8 Å². The third-order valence-corrected chi connectivity index (χ3v) is 3.40. The SMILES string of the molecule is CCN(CC)CC#CCOC(=O)C(=O)c1cccs1. The molecule has 0 radical (unpaired) electrons. The van der Waals surface area contributed by atoms with E-state index in [2.05, 4.69) is 30.6 Å². The van der Waals surface area contributed by atoms with Gasteiger partial charge in [-0.3, -0.25) is 9.69 Å². The number of carbonyl (C=O) groups is 2. The summed E-state index contributed by atoms with van der Waals surface area (Å²) >= 11 is 1.22. The van der Waals surface area contributed by atoms with Crippen LogP contribution in [0.5, 0.6) is 0 Å². The Kier molecular flexibility index (Phi) is 6.86. The van der Waals surface area contributed by atoms with Crippen molar-refractivity contribution in [2.24, 2.45) is 0 Å². The summed E-state index contributed by atoms with van der Waals surface area (Å²) in [5.41, 5.74) is 0. The van der Waals surface area contributed by atoms with E-state index in [0.29, 0.717) is 11.4 Å². The van der Waals surface area contributed by atoms with Crippen molar-refractivity contribution in [1.29, 1.82) is 0 Å². The number of hydrogen-bond acceptors (Lipinski definition) is 5. The highest BCUT2D eigenvalue weighted by Gasteiger charge is 2.17. The molecule has 0 aliphatic rings. The maximum Gasteiger partial charge on any atom is 0.381 e. The molecule has 5 heteroatoms. The summed E-state index contributed by atoms with van der Waals surface area (Å²) in [4.78, 5) is 25.5. The lowest BCUT2D eigenvalue weighted by Gasteiger charge is -2.13. The van der Waals surface area contributed by atoms with Crippen LogP contribution in [0.2, 0.25) is 0 Å². The molecular formula is C14H17NO3S. The number of ether oxygens (including phenoxy) is 1. The lowest BCUT2D eigenvalue weighted by Crippen LogP contribution is -2.23. The van der Waals surface area contributed by atoms with E-state index >= 15 is 0 Å². The number of rotatable bonds is 6. The molecule has 0 saturated heterocycles. The summed E-state index contributed by atoms with van der Waals surface area (Å²) in [7, 11) is 0. The molecule has 0 bridgehead atoms. The average molecular weight is 279 g/mol. The fourth-order valence-corrected chi connectivity index (χ4v) is 1.99. The Morgan fingerprint density at radius 2 is 2.05 bits per heavy atom. The van der Waals surface area contributed by atoms with E-state index in [1.165, 1.54) is 11.3 Å². The van der Waals surface area contributed by atoms with Gasteiger partial charge in [0.2, 0.25) is 0 Å². The molecular weight excluding hydrogens is 262 g/mol. The number of nitrogens with zero attached hydrogens (tertiary/aromatic N) is 1. The molecule has 0 unspecified atom stereocenters. The molecule has 0 aliphatic heterocycles. The first kappa shape index (κ1) is 15.4. The topological polar surface area (TPSA) is 46.6 Å². The van der Waals surface area contributed by atoms with E-state index in [4.69, 9.17) is 4.74 Å². The first-order chi connectivity index (χ1) is 9.19. The minimum absolute atomic E-state index is 0.0444. The Morgan fingerprint density at radius 1 is 1.32 bits per heavy atom. The first-order valence-corrected chi connectivity index (χ1v) is 7.00. The second-order valence-corrected chi connectivity index (χ2v) is 4.65. The van der Waals surface area contributed by atoms with Crippen LogP contribution in [0, 0.1) is 11.8 Å². The zero-order valence-corrected chi connectivity index (χ0v) is 12.0. The predicted octanol–water partition coefficient (Wildman–Crippen LogP) is 1.82. The number of esters is 1. The van der Waals surface area contributed by atoms with Gasteiger partial charge in [-0.1, -0.05) is 31.8 Å². The summed E-state index contributed by atoms with van der Waals surface area (Å²) in [5.74, 6) is 4.18. The zero-order chi connectivity index (χ0) is 14.1. The van der Waals surface area contributed by atoms with Gasteiger partial charge in [0.25, 0.3) is 5.78 Å². The fraction of sp³-hybridized carbons (Fsp3) is 0.429. The number of thiophene rings is 1. The van der Waals surface area contributed by atoms with Crippen LogP contribution in [-0.4, -0.2) is 42.9 Å². The van der Waals surface area contributed by atoms with E-state index in [0.717, 1.165) is 13.1 Å². The van der Waals surface area contributed by atoms with Crippen LogP contribution in [0.4, 0.5) is 0 Å². The monoisotopic (exact) mass is 279 g/mol. The van der Waals surface area contributed by atoms with Crippen LogP contribution < -0.4 is 0 Å². The maximum absolute atomic E-state index is 11.5. The van der Waals surface area contributed by atoms with Gasteiger partial charge >= 0.3 is 5.97 Å². The molecule has 0 aliphatic carbocycles. The Balaban J connectivity index is 2.32. The number of carbonyl (C=O) groups excluding carboxylic acids is 2. The fourth-order valence-electron chi connectivity index (χ4n) is 1.34. The highest BCUT2D eigenvalue weighted by molar-refractivity contribution is 7.12. The Morgan fingerprint density at radius 3 is 2.63 bits per heavy atom. The average Bonchev–Trinajstić information content (AvgIpc) is 2.95. The molecule has 0 N–H and O–H groups in total. The zero-order valence-electron chi connectivity index (χ0n) is 11.1. The van der Waals surface area contributed by atoms with Gasteiger partial charge in [0.1, 0.15) is 0 Å². The molecule has 1 rings (SSSR count). The van der Waals surface area contributed by atoms with Gasteiger partial charge in [0.15, 0.2) is 6.61 Å². The predicted molar refractivity (Wildman–Crippen MR) is 75.2 cm³/mol. The molecule has 0 aromatic carbocycles. The van der Waals surface area contributed by atoms with E-state index in [1.54, 1.807) is 17.5 Å². The molecule has 0 spiro atoms. The second-order valence-electron chi connectivity index (χ2n) is 3.70. The first-order valence-electron chi connectivity index (χ1n) is 6.12. The van der Waals surface area contributed by atoms with E-state index in [9.17, 15) is 9.59 Å². The van der Waals surface area contributed by atoms with Crippen LogP contribution >= 0.6 is 11.3 Å². The van der Waals surface area contributed by atoms with Crippen LogP contribution in [0.1, 0.15) is 23.5 Å². The third kappa shape index (κ3) is 5.25. The van der Waals surface area contributed by atoms with Crippen molar-refractivity contribution in [3.63, 3.8) is 0 Å². The van der Waals surface area contributed by atoms with Crippen molar-refractivity contribution in [1.82, 2.24) is 4.90 Å². The largest absolute Gasteiger partial charge is 0.446 e. The minimum atomic E-state index is -0.848. The lowest BCUT2D eigenvalue weighted by atomic mass is 10.3. The van der Waals surface area contributed by atoms with Crippen molar-refractivity contribution in [3.05, 3.63) is 22.4 Å². The smallest absolute Gasteiger partial charge is 0.381 e. The van der Waals surface area contributed by atoms with Crippen molar-refractivity contribution < 1.29 is 14.3 Å². The molecule has 19 heavy (non-hydrogen) atoms. The summed E-state index contributed by atoms with van der Waals surface area (Å²) in [6.45, 7) is 6.58. The summed E-state index contributed by atoms with van der Waals surface area (Å²) in [6, 6.07) is 3.31. The molecule has 1 aromatic heterocycles. The molecule has 1 heterocycles. The highest BCUT2D eigenvalue weighted by Crippen LogP contribution is 2.09. The quantitative estimate of drug-likeness (QED) is 0.345. The molecule has 0 fully saturated rings. The third-order valence-electron chi connectivity index (χ3n) is 2.53. The van der Waals surface area contributed by atoms with Crippen molar-refractivity contribution in [3.8, 4) is 11.8 Å². The number of hydrogen-bond donors (Lipinski definition) is 0. The van der Waals surface area contributed by atoms with Gasteiger partial charge in [0, 0.05) is 0 Å². The Hall–Kier alpha value is -1.64. The van der Waals surface area contributed by atoms with Gasteiger partial charge in [0.05, 0.1) is 11.4 Å². The molecule has 0 saturated carbocycles. The van der Waals surface area contributed by atoms with E-state index in [-0.39, 0.29) is 6.61 Å². The molecule has 0 amide bonds. The van der Waals surface area contributed by atoms with Gasteiger partial charge in [-0.25, -0.2) is 4.79 Å². The molecule has 4 nitrogen and oxygen atoms in total. The van der Waals surface area contributed by atoms with Crippen molar-refractivity contribution in [2.75, 3.05) is 26.2 Å². The Bertz CT molecular complexity index is 467. The standard InChI is InChI=1S/C14H17NO3S/c1-3-15(4-2)9-5-6-10-18-14(17)13(16)12-8-7-11-19-12/h7-8,11H,3-4,9-10H2,1-2H3. The van der Waals surface area contributed by atoms with Gasteiger partial charge in [-0.2, -0.15) is 0 Å². The van der Waals surface area contributed by atoms with Crippen molar-refractivity contribution in [2.45, 2.75) is 13.8 Å². The lowest BCUT2D eigenvalue weighted by molar-refractivity contribution is -0.136. The molecule has 1 aromatic rings. The van der Waals surface area contributed by atoms with Crippen LogP contribution in [-0.2, 0) is 9.53 Å². The Labute approximate surface area is 117 Å². The van der Waals surface area contributed by atoms with Gasteiger partial charge < -0.3 is 4.74 Å². The summed E-state index contributed by atoms with van der Waals surface area (Å²) in [5, 5.41) is 1.74. The normalized spacial score (nSPS) is 9.84. The number of Topliss-reactive ketones (excluding diaryl/α,β-unsaturated/α-hetero) is 1. The highest BCUT2D eigenvalue weighted by atomic mass is 32.1. The molecule has 102 valence electrons. The molecule has 0 atom stereocenters. The van der Waals surface area contributed by atoms with Gasteiger partial charge in [-0.15, -0.1) is 11.3 Å². The minimum Gasteiger partial charge on any atom is -0.446 e. The summed E-state index contributed by atoms with van der Waals surface area (Å²) in [6.07, 6.45) is 0. The maximum atomic E-state index is 11.5. The van der Waals surface area contributed by atoms with Crippen LogP contribution in [0.3, 0.4) is 0 Å². The number of ketones is 1. The van der Waals surface area contributed by atoms with E-state index in [1.807, 2.05) is 0 Å². The van der Waals surface area contributed by atoms with Crippen molar-refractivity contribution >= 4 is 23.1 Å².